The second-order valence-corrected chi connectivity index (χ2v) is 4.51. The number of aromatic nitrogens is 2. The molecule has 0 saturated carbocycles. The number of rotatable bonds is 2. The predicted molar refractivity (Wildman–Crippen MR) is 71.6 cm³/mol. The fraction of sp³-hybridized carbons (Fsp3) is 0.231. The lowest BCUT2D eigenvalue weighted by Crippen LogP contribution is -1.99. The van der Waals surface area contributed by atoms with Crippen molar-refractivity contribution >= 4 is 23.2 Å². The van der Waals surface area contributed by atoms with Crippen LogP contribution < -0.4 is 0 Å². The molecular formula is C13H12Cl2N2. The molecule has 2 nitrogen and oxygen atoms in total. The SMILES string of the molecule is CCc1nc(-c2ccccc2Cl)nc(Cl)c1C. The topological polar surface area (TPSA) is 25.8 Å². The van der Waals surface area contributed by atoms with E-state index in [0.29, 0.717) is 16.0 Å². The molecule has 0 aliphatic heterocycles. The molecule has 0 amide bonds. The van der Waals surface area contributed by atoms with Gasteiger partial charge in [-0.3, -0.25) is 0 Å². The Hall–Kier alpha value is -1.12. The molecule has 4 heteroatoms. The lowest BCUT2D eigenvalue weighted by Gasteiger charge is -2.08. The van der Waals surface area contributed by atoms with Crippen LogP contribution in [-0.4, -0.2) is 9.97 Å². The maximum atomic E-state index is 6.12. The summed E-state index contributed by atoms with van der Waals surface area (Å²) < 4.78 is 0. The van der Waals surface area contributed by atoms with Gasteiger partial charge in [0.05, 0.1) is 5.02 Å². The van der Waals surface area contributed by atoms with Gasteiger partial charge in [-0.25, -0.2) is 9.97 Å². The third-order valence-electron chi connectivity index (χ3n) is 2.64. The third kappa shape index (κ3) is 2.43. The van der Waals surface area contributed by atoms with Crippen molar-refractivity contribution in [1.29, 1.82) is 0 Å². The van der Waals surface area contributed by atoms with Crippen molar-refractivity contribution < 1.29 is 0 Å². The van der Waals surface area contributed by atoms with Crippen LogP contribution in [-0.2, 0) is 6.42 Å². The van der Waals surface area contributed by atoms with E-state index < -0.39 is 0 Å². The first-order valence-corrected chi connectivity index (χ1v) is 6.17. The molecular weight excluding hydrogens is 255 g/mol. The zero-order valence-electron chi connectivity index (χ0n) is 9.67. The molecule has 17 heavy (non-hydrogen) atoms. The number of benzene rings is 1. The highest BCUT2D eigenvalue weighted by Gasteiger charge is 2.11. The quantitative estimate of drug-likeness (QED) is 0.757. The van der Waals surface area contributed by atoms with Gasteiger partial charge in [-0.15, -0.1) is 0 Å². The van der Waals surface area contributed by atoms with E-state index in [4.69, 9.17) is 23.2 Å². The maximum Gasteiger partial charge on any atom is 0.162 e. The lowest BCUT2D eigenvalue weighted by molar-refractivity contribution is 0.977. The number of halogens is 2. The monoisotopic (exact) mass is 266 g/mol. The Bertz CT molecular complexity index is 553. The van der Waals surface area contributed by atoms with Crippen molar-refractivity contribution in [3.05, 3.63) is 45.7 Å². The second kappa shape index (κ2) is 5.03. The molecule has 2 rings (SSSR count). The van der Waals surface area contributed by atoms with Gasteiger partial charge in [-0.05, 0) is 25.5 Å². The Morgan fingerprint density at radius 3 is 2.47 bits per heavy atom. The molecule has 0 aliphatic carbocycles. The molecule has 88 valence electrons. The molecule has 0 fully saturated rings. The van der Waals surface area contributed by atoms with E-state index in [0.717, 1.165) is 23.2 Å². The molecule has 2 aromatic rings. The Labute approximate surface area is 111 Å². The van der Waals surface area contributed by atoms with Crippen LogP contribution in [0.3, 0.4) is 0 Å². The van der Waals surface area contributed by atoms with Crippen molar-refractivity contribution in [1.82, 2.24) is 9.97 Å². The van der Waals surface area contributed by atoms with E-state index >= 15 is 0 Å². The Morgan fingerprint density at radius 1 is 1.12 bits per heavy atom. The molecule has 0 aliphatic rings. The van der Waals surface area contributed by atoms with E-state index in [1.807, 2.05) is 38.1 Å². The van der Waals surface area contributed by atoms with Gasteiger partial charge >= 0.3 is 0 Å². The van der Waals surface area contributed by atoms with Crippen molar-refractivity contribution in [2.24, 2.45) is 0 Å². The summed E-state index contributed by atoms with van der Waals surface area (Å²) in [6.45, 7) is 3.97. The number of hydrogen-bond donors (Lipinski definition) is 0. The number of hydrogen-bond acceptors (Lipinski definition) is 2. The smallest absolute Gasteiger partial charge is 0.162 e. The third-order valence-corrected chi connectivity index (χ3v) is 3.33. The maximum absolute atomic E-state index is 6.12. The zero-order chi connectivity index (χ0) is 12.4. The van der Waals surface area contributed by atoms with Crippen molar-refractivity contribution in [3.63, 3.8) is 0 Å². The predicted octanol–water partition coefficient (Wildman–Crippen LogP) is 4.32. The average Bonchev–Trinajstić information content (AvgIpc) is 2.33. The highest BCUT2D eigenvalue weighted by Crippen LogP contribution is 2.27. The van der Waals surface area contributed by atoms with Crippen LogP contribution in [0.1, 0.15) is 18.2 Å². The summed E-state index contributed by atoms with van der Waals surface area (Å²) >= 11 is 12.2. The first-order chi connectivity index (χ1) is 8.13. The lowest BCUT2D eigenvalue weighted by atomic mass is 10.1. The Kier molecular flexibility index (Phi) is 3.65. The van der Waals surface area contributed by atoms with Crippen LogP contribution in [0.4, 0.5) is 0 Å². The van der Waals surface area contributed by atoms with Crippen LogP contribution >= 0.6 is 23.2 Å². The summed E-state index contributed by atoms with van der Waals surface area (Å²) in [7, 11) is 0. The largest absolute Gasteiger partial charge is 0.233 e. The molecule has 0 bridgehead atoms. The molecule has 0 spiro atoms. The zero-order valence-corrected chi connectivity index (χ0v) is 11.2. The minimum absolute atomic E-state index is 0.492. The van der Waals surface area contributed by atoms with Gasteiger partial charge in [-0.1, -0.05) is 42.3 Å². The van der Waals surface area contributed by atoms with Crippen LogP contribution in [0, 0.1) is 6.92 Å². The van der Waals surface area contributed by atoms with Gasteiger partial charge in [0.1, 0.15) is 5.15 Å². The fourth-order valence-electron chi connectivity index (χ4n) is 1.64. The minimum Gasteiger partial charge on any atom is -0.233 e. The summed E-state index contributed by atoms with van der Waals surface area (Å²) in [6, 6.07) is 7.49. The fourth-order valence-corrected chi connectivity index (χ4v) is 2.05. The van der Waals surface area contributed by atoms with Gasteiger partial charge in [0, 0.05) is 16.8 Å². The average molecular weight is 267 g/mol. The van der Waals surface area contributed by atoms with Gasteiger partial charge in [0.2, 0.25) is 0 Å². The Balaban J connectivity index is 2.61. The molecule has 0 atom stereocenters. The summed E-state index contributed by atoms with van der Waals surface area (Å²) in [4.78, 5) is 8.78. The van der Waals surface area contributed by atoms with E-state index in [9.17, 15) is 0 Å². The Morgan fingerprint density at radius 2 is 1.82 bits per heavy atom. The molecule has 1 aromatic heterocycles. The van der Waals surface area contributed by atoms with Crippen LogP contribution in [0.2, 0.25) is 10.2 Å². The van der Waals surface area contributed by atoms with E-state index in [2.05, 4.69) is 9.97 Å². The molecule has 0 N–H and O–H groups in total. The van der Waals surface area contributed by atoms with E-state index in [1.54, 1.807) is 0 Å². The normalized spacial score (nSPS) is 10.6. The van der Waals surface area contributed by atoms with Crippen molar-refractivity contribution in [2.45, 2.75) is 20.3 Å². The highest BCUT2D eigenvalue weighted by atomic mass is 35.5. The molecule has 0 radical (unpaired) electrons. The van der Waals surface area contributed by atoms with E-state index in [-0.39, 0.29) is 0 Å². The molecule has 0 saturated heterocycles. The summed E-state index contributed by atoms with van der Waals surface area (Å²) in [6.07, 6.45) is 0.825. The first kappa shape index (κ1) is 12.3. The molecule has 1 aromatic carbocycles. The van der Waals surface area contributed by atoms with E-state index in [1.165, 1.54) is 0 Å². The minimum atomic E-state index is 0.492. The molecule has 1 heterocycles. The molecule has 0 unspecified atom stereocenters. The van der Waals surface area contributed by atoms with Crippen LogP contribution in [0.15, 0.2) is 24.3 Å². The van der Waals surface area contributed by atoms with Gasteiger partial charge in [0.25, 0.3) is 0 Å². The van der Waals surface area contributed by atoms with Crippen molar-refractivity contribution in [2.75, 3.05) is 0 Å². The van der Waals surface area contributed by atoms with Crippen LogP contribution in [0.5, 0.6) is 0 Å². The standard InChI is InChI=1S/C13H12Cl2N2/c1-3-11-8(2)12(15)17-13(16-11)9-6-4-5-7-10(9)14/h4-7H,3H2,1-2H3. The summed E-state index contributed by atoms with van der Waals surface area (Å²) in [5.74, 6) is 0.586. The van der Waals surface area contributed by atoms with Gasteiger partial charge in [-0.2, -0.15) is 0 Å². The highest BCUT2D eigenvalue weighted by molar-refractivity contribution is 6.33. The van der Waals surface area contributed by atoms with Crippen LogP contribution in [0.25, 0.3) is 11.4 Å². The summed E-state index contributed by atoms with van der Waals surface area (Å²) in [5.41, 5.74) is 2.70. The number of aryl methyl sites for hydroxylation is 1. The summed E-state index contributed by atoms with van der Waals surface area (Å²) in [5, 5.41) is 1.13. The van der Waals surface area contributed by atoms with Crippen molar-refractivity contribution in [3.8, 4) is 11.4 Å². The first-order valence-electron chi connectivity index (χ1n) is 5.41. The number of nitrogens with zero attached hydrogens (tertiary/aromatic N) is 2. The second-order valence-electron chi connectivity index (χ2n) is 3.74. The van der Waals surface area contributed by atoms with Gasteiger partial charge < -0.3 is 0 Å². The van der Waals surface area contributed by atoms with Gasteiger partial charge in [0.15, 0.2) is 5.82 Å².